The van der Waals surface area contributed by atoms with E-state index in [0.29, 0.717) is 0 Å². The molecule has 2 heterocycles. The van der Waals surface area contributed by atoms with Crippen LogP contribution in [-0.2, 0) is 12.8 Å². The molecule has 86 valence electrons. The van der Waals surface area contributed by atoms with Crippen molar-refractivity contribution in [3.8, 4) is 0 Å². The first-order valence-electron chi connectivity index (χ1n) is 5.86. The van der Waals surface area contributed by atoms with Crippen molar-refractivity contribution in [3.05, 3.63) is 46.0 Å². The zero-order chi connectivity index (χ0) is 11.7. The van der Waals surface area contributed by atoms with Gasteiger partial charge in [-0.1, -0.05) is 0 Å². The number of H-pyrrole nitrogens is 2. The minimum absolute atomic E-state index is 1.12. The van der Waals surface area contributed by atoms with E-state index in [4.69, 9.17) is 0 Å². The molecular weight excluding hydrogens is 196 g/mol. The van der Waals surface area contributed by atoms with Gasteiger partial charge < -0.3 is 9.97 Å². The quantitative estimate of drug-likeness (QED) is 0.788. The molecule has 0 bridgehead atoms. The summed E-state index contributed by atoms with van der Waals surface area (Å²) in [4.78, 5) is 6.71. The number of rotatable bonds is 3. The van der Waals surface area contributed by atoms with Crippen molar-refractivity contribution < 1.29 is 0 Å². The molecule has 0 unspecified atom stereocenters. The lowest BCUT2D eigenvalue weighted by molar-refractivity contribution is 0.938. The Morgan fingerprint density at radius 1 is 0.750 bits per heavy atom. The molecule has 0 aliphatic heterocycles. The van der Waals surface area contributed by atoms with Crippen LogP contribution >= 0.6 is 0 Å². The molecule has 0 spiro atoms. The maximum absolute atomic E-state index is 3.36. The van der Waals surface area contributed by atoms with Crippen LogP contribution in [0.5, 0.6) is 0 Å². The number of nitrogens with one attached hydrogen (secondary N) is 2. The topological polar surface area (TPSA) is 31.6 Å². The molecule has 2 aromatic rings. The van der Waals surface area contributed by atoms with Gasteiger partial charge in [-0.15, -0.1) is 0 Å². The van der Waals surface area contributed by atoms with Crippen molar-refractivity contribution in [1.29, 1.82) is 0 Å². The molecule has 2 aromatic heterocycles. The summed E-state index contributed by atoms with van der Waals surface area (Å²) in [5, 5.41) is 0. The fourth-order valence-corrected chi connectivity index (χ4v) is 2.35. The molecule has 0 aromatic carbocycles. The van der Waals surface area contributed by atoms with Gasteiger partial charge in [0.2, 0.25) is 0 Å². The Bertz CT molecular complexity index is 443. The predicted molar refractivity (Wildman–Crippen MR) is 67.9 cm³/mol. The minimum atomic E-state index is 1.12. The Morgan fingerprint density at radius 3 is 1.38 bits per heavy atom. The SMILES string of the molecule is Cc1cc(CCc2cc(C)[nH]c2C)c(C)[nH]1. The largest absolute Gasteiger partial charge is 0.362 e. The molecule has 2 nitrogen and oxygen atoms in total. The van der Waals surface area contributed by atoms with Crippen LogP contribution in [0.25, 0.3) is 0 Å². The number of aromatic amines is 2. The van der Waals surface area contributed by atoms with Crippen molar-refractivity contribution >= 4 is 0 Å². The summed E-state index contributed by atoms with van der Waals surface area (Å²) in [5.41, 5.74) is 8.01. The summed E-state index contributed by atoms with van der Waals surface area (Å²) in [6, 6.07) is 4.51. The minimum Gasteiger partial charge on any atom is -0.362 e. The molecule has 0 saturated heterocycles. The lowest BCUT2D eigenvalue weighted by Gasteiger charge is -2.00. The zero-order valence-corrected chi connectivity index (χ0v) is 10.6. The molecule has 0 fully saturated rings. The molecule has 2 N–H and O–H groups in total. The van der Waals surface area contributed by atoms with Gasteiger partial charge >= 0.3 is 0 Å². The second kappa shape index (κ2) is 4.20. The zero-order valence-electron chi connectivity index (χ0n) is 10.6. The van der Waals surface area contributed by atoms with Crippen LogP contribution in [-0.4, -0.2) is 9.97 Å². The van der Waals surface area contributed by atoms with Crippen molar-refractivity contribution in [2.24, 2.45) is 0 Å². The maximum Gasteiger partial charge on any atom is 0.0150 e. The normalized spacial score (nSPS) is 11.0. The standard InChI is InChI=1S/C14H20N2/c1-9-7-13(11(3)15-9)5-6-14-8-10(2)16-12(14)4/h7-8,15-16H,5-6H2,1-4H3. The number of aryl methyl sites for hydroxylation is 6. The van der Waals surface area contributed by atoms with Crippen LogP contribution in [0.4, 0.5) is 0 Å². The second-order valence-electron chi connectivity index (χ2n) is 4.71. The number of aromatic nitrogens is 2. The lowest BCUT2D eigenvalue weighted by atomic mass is 10.1. The van der Waals surface area contributed by atoms with Crippen LogP contribution < -0.4 is 0 Å². The van der Waals surface area contributed by atoms with Gasteiger partial charge in [-0.3, -0.25) is 0 Å². The predicted octanol–water partition coefficient (Wildman–Crippen LogP) is 3.36. The van der Waals surface area contributed by atoms with E-state index in [1.54, 1.807) is 0 Å². The van der Waals surface area contributed by atoms with Crippen molar-refractivity contribution in [2.45, 2.75) is 40.5 Å². The van der Waals surface area contributed by atoms with E-state index in [1.165, 1.54) is 33.9 Å². The Kier molecular flexibility index (Phi) is 2.90. The van der Waals surface area contributed by atoms with E-state index < -0.39 is 0 Å². The van der Waals surface area contributed by atoms with Gasteiger partial charge in [0.1, 0.15) is 0 Å². The van der Waals surface area contributed by atoms with E-state index in [-0.39, 0.29) is 0 Å². The second-order valence-corrected chi connectivity index (χ2v) is 4.71. The van der Waals surface area contributed by atoms with E-state index in [0.717, 1.165) is 12.8 Å². The summed E-state index contributed by atoms with van der Waals surface area (Å²) in [6.45, 7) is 8.53. The third kappa shape index (κ3) is 2.21. The molecule has 0 amide bonds. The molecule has 0 saturated carbocycles. The Labute approximate surface area is 97.1 Å². The number of hydrogen-bond donors (Lipinski definition) is 2. The van der Waals surface area contributed by atoms with E-state index in [9.17, 15) is 0 Å². The first-order chi connectivity index (χ1) is 7.56. The van der Waals surface area contributed by atoms with Gasteiger partial charge in [-0.2, -0.15) is 0 Å². The van der Waals surface area contributed by atoms with Crippen LogP contribution in [0, 0.1) is 27.7 Å². The molecule has 0 radical (unpaired) electrons. The number of hydrogen-bond acceptors (Lipinski definition) is 0. The van der Waals surface area contributed by atoms with Crippen LogP contribution in [0.2, 0.25) is 0 Å². The van der Waals surface area contributed by atoms with Gasteiger partial charge in [0.05, 0.1) is 0 Å². The third-order valence-electron chi connectivity index (χ3n) is 3.18. The monoisotopic (exact) mass is 216 g/mol. The molecular formula is C14H20N2. The summed E-state index contributed by atoms with van der Waals surface area (Å²) in [6.07, 6.45) is 2.24. The summed E-state index contributed by atoms with van der Waals surface area (Å²) < 4.78 is 0. The Morgan fingerprint density at radius 2 is 1.12 bits per heavy atom. The maximum atomic E-state index is 3.36. The highest BCUT2D eigenvalue weighted by atomic mass is 14.7. The van der Waals surface area contributed by atoms with E-state index >= 15 is 0 Å². The van der Waals surface area contributed by atoms with E-state index in [2.05, 4.69) is 49.8 Å². The molecule has 2 rings (SSSR count). The highest BCUT2D eigenvalue weighted by Crippen LogP contribution is 2.16. The van der Waals surface area contributed by atoms with Crippen LogP contribution in [0.1, 0.15) is 33.9 Å². The molecule has 0 aliphatic rings. The molecule has 0 atom stereocenters. The summed E-state index contributed by atoms with van der Waals surface area (Å²) >= 11 is 0. The smallest absolute Gasteiger partial charge is 0.0150 e. The average molecular weight is 216 g/mol. The average Bonchev–Trinajstić information content (AvgIpc) is 2.66. The molecule has 0 aliphatic carbocycles. The third-order valence-corrected chi connectivity index (χ3v) is 3.18. The van der Waals surface area contributed by atoms with Crippen LogP contribution in [0.3, 0.4) is 0 Å². The Balaban J connectivity index is 2.07. The van der Waals surface area contributed by atoms with Crippen molar-refractivity contribution in [1.82, 2.24) is 9.97 Å². The first-order valence-corrected chi connectivity index (χ1v) is 5.86. The summed E-state index contributed by atoms with van der Waals surface area (Å²) in [7, 11) is 0. The van der Waals surface area contributed by atoms with Gasteiger partial charge in [0.25, 0.3) is 0 Å². The van der Waals surface area contributed by atoms with Gasteiger partial charge in [0, 0.05) is 22.8 Å². The summed E-state index contributed by atoms with van der Waals surface area (Å²) in [5.74, 6) is 0. The van der Waals surface area contributed by atoms with Gasteiger partial charge in [-0.25, -0.2) is 0 Å². The highest BCUT2D eigenvalue weighted by Gasteiger charge is 2.05. The van der Waals surface area contributed by atoms with E-state index in [1.807, 2.05) is 0 Å². The fraction of sp³-hybridized carbons (Fsp3) is 0.429. The molecule has 2 heteroatoms. The van der Waals surface area contributed by atoms with Crippen LogP contribution in [0.15, 0.2) is 12.1 Å². The fourth-order valence-electron chi connectivity index (χ4n) is 2.35. The first kappa shape index (κ1) is 11.1. The highest BCUT2D eigenvalue weighted by molar-refractivity contribution is 5.29. The van der Waals surface area contributed by atoms with Crippen molar-refractivity contribution in [2.75, 3.05) is 0 Å². The van der Waals surface area contributed by atoms with Gasteiger partial charge in [0.15, 0.2) is 0 Å². The lowest BCUT2D eigenvalue weighted by Crippen LogP contribution is -1.92. The van der Waals surface area contributed by atoms with Crippen molar-refractivity contribution in [3.63, 3.8) is 0 Å². The Hall–Kier alpha value is -1.44. The van der Waals surface area contributed by atoms with Gasteiger partial charge in [-0.05, 0) is 63.8 Å². The molecule has 16 heavy (non-hydrogen) atoms.